The van der Waals surface area contributed by atoms with Crippen molar-refractivity contribution in [1.82, 2.24) is 5.32 Å². The third-order valence-corrected chi connectivity index (χ3v) is 2.98. The molecular weight excluding hydrogens is 265 g/mol. The number of methoxy groups -OCH3 is 1. The highest BCUT2D eigenvalue weighted by Gasteiger charge is 2.11. The highest BCUT2D eigenvalue weighted by molar-refractivity contribution is 9.10. The Kier molecular flexibility index (Phi) is 4.23. The van der Waals surface area contributed by atoms with Crippen LogP contribution in [-0.2, 0) is 13.0 Å². The molecule has 0 fully saturated rings. The van der Waals surface area contributed by atoms with Crippen LogP contribution in [0.3, 0.4) is 0 Å². The molecule has 2 rings (SSSR count). The first-order chi connectivity index (χ1) is 6.31. The fourth-order valence-corrected chi connectivity index (χ4v) is 2.19. The van der Waals surface area contributed by atoms with E-state index in [1.807, 2.05) is 0 Å². The van der Waals surface area contributed by atoms with Gasteiger partial charge in [-0.05, 0) is 52.2 Å². The molecule has 0 spiro atoms. The van der Waals surface area contributed by atoms with Crippen LogP contribution in [0.15, 0.2) is 16.6 Å². The Labute approximate surface area is 98.6 Å². The van der Waals surface area contributed by atoms with Crippen molar-refractivity contribution in [2.75, 3.05) is 13.7 Å². The predicted octanol–water partition coefficient (Wildman–Crippen LogP) is 2.53. The molecule has 2 nitrogen and oxygen atoms in total. The van der Waals surface area contributed by atoms with Crippen molar-refractivity contribution in [1.29, 1.82) is 0 Å². The number of benzene rings is 1. The Balaban J connectivity index is 0.000000980. The number of fused-ring (bicyclic) bond motifs is 1. The minimum atomic E-state index is 0. The number of ether oxygens (including phenoxy) is 1. The zero-order chi connectivity index (χ0) is 9.26. The summed E-state index contributed by atoms with van der Waals surface area (Å²) in [5.41, 5.74) is 2.78. The van der Waals surface area contributed by atoms with E-state index in [2.05, 4.69) is 33.4 Å². The number of hydrogen-bond acceptors (Lipinski definition) is 2. The maximum Gasteiger partial charge on any atom is 0.133 e. The topological polar surface area (TPSA) is 21.3 Å². The van der Waals surface area contributed by atoms with Gasteiger partial charge in [0.1, 0.15) is 5.75 Å². The van der Waals surface area contributed by atoms with Gasteiger partial charge in [-0.3, -0.25) is 0 Å². The summed E-state index contributed by atoms with van der Waals surface area (Å²) >= 11 is 3.48. The van der Waals surface area contributed by atoms with Crippen molar-refractivity contribution >= 4 is 28.3 Å². The SMILES string of the molecule is COc1cc2c(cc1Br)CNCC2.Cl. The molecule has 0 bridgehead atoms. The molecule has 1 aromatic carbocycles. The number of rotatable bonds is 1. The van der Waals surface area contributed by atoms with Crippen LogP contribution < -0.4 is 10.1 Å². The second-order valence-electron chi connectivity index (χ2n) is 3.18. The second-order valence-corrected chi connectivity index (χ2v) is 4.04. The van der Waals surface area contributed by atoms with Gasteiger partial charge in [-0.25, -0.2) is 0 Å². The van der Waals surface area contributed by atoms with Crippen LogP contribution in [0.5, 0.6) is 5.75 Å². The molecule has 0 radical (unpaired) electrons. The molecule has 1 aliphatic heterocycles. The standard InChI is InChI=1S/C10H12BrNO.ClH/c1-13-10-5-7-2-3-12-6-8(7)4-9(10)11;/h4-5,12H,2-3,6H2,1H3;1H. The van der Waals surface area contributed by atoms with E-state index in [9.17, 15) is 0 Å². The maximum atomic E-state index is 5.24. The van der Waals surface area contributed by atoms with Gasteiger partial charge in [-0.2, -0.15) is 0 Å². The van der Waals surface area contributed by atoms with E-state index in [1.165, 1.54) is 11.1 Å². The van der Waals surface area contributed by atoms with E-state index < -0.39 is 0 Å². The lowest BCUT2D eigenvalue weighted by Gasteiger charge is -2.18. The molecule has 0 aliphatic carbocycles. The van der Waals surface area contributed by atoms with E-state index in [1.54, 1.807) is 7.11 Å². The summed E-state index contributed by atoms with van der Waals surface area (Å²) in [6.07, 6.45) is 1.10. The highest BCUT2D eigenvalue weighted by atomic mass is 79.9. The van der Waals surface area contributed by atoms with E-state index in [0.717, 1.165) is 29.7 Å². The number of hydrogen-bond donors (Lipinski definition) is 1. The molecular formula is C10H13BrClNO. The lowest BCUT2D eigenvalue weighted by Crippen LogP contribution is -2.23. The molecule has 0 atom stereocenters. The summed E-state index contributed by atoms with van der Waals surface area (Å²) in [6.45, 7) is 2.04. The Morgan fingerprint density at radius 3 is 2.86 bits per heavy atom. The Hall–Kier alpha value is -0.250. The molecule has 0 unspecified atom stereocenters. The average Bonchev–Trinajstić information content (AvgIpc) is 2.17. The summed E-state index contributed by atoms with van der Waals surface area (Å²) in [6, 6.07) is 4.26. The monoisotopic (exact) mass is 277 g/mol. The number of nitrogens with one attached hydrogen (secondary N) is 1. The zero-order valence-electron chi connectivity index (χ0n) is 7.97. The molecule has 1 aromatic rings. The van der Waals surface area contributed by atoms with Crippen molar-refractivity contribution in [3.63, 3.8) is 0 Å². The Bertz CT molecular complexity index is 330. The summed E-state index contributed by atoms with van der Waals surface area (Å²) in [7, 11) is 1.70. The molecule has 0 saturated heterocycles. The van der Waals surface area contributed by atoms with Gasteiger partial charge in [-0.15, -0.1) is 12.4 Å². The first-order valence-electron chi connectivity index (χ1n) is 4.37. The van der Waals surface area contributed by atoms with Gasteiger partial charge in [0.25, 0.3) is 0 Å². The van der Waals surface area contributed by atoms with Gasteiger partial charge in [-0.1, -0.05) is 0 Å². The quantitative estimate of drug-likeness (QED) is 0.852. The third-order valence-electron chi connectivity index (χ3n) is 2.36. The second kappa shape index (κ2) is 5.01. The molecule has 4 heteroatoms. The van der Waals surface area contributed by atoms with Crippen LogP contribution >= 0.6 is 28.3 Å². The van der Waals surface area contributed by atoms with Gasteiger partial charge in [0.05, 0.1) is 11.6 Å². The predicted molar refractivity (Wildman–Crippen MR) is 63.4 cm³/mol. The van der Waals surface area contributed by atoms with E-state index >= 15 is 0 Å². The van der Waals surface area contributed by atoms with Gasteiger partial charge in [0.15, 0.2) is 0 Å². The molecule has 0 amide bonds. The minimum absolute atomic E-state index is 0. The van der Waals surface area contributed by atoms with Crippen LogP contribution in [0.4, 0.5) is 0 Å². The zero-order valence-corrected chi connectivity index (χ0v) is 10.4. The first-order valence-corrected chi connectivity index (χ1v) is 5.16. The molecule has 14 heavy (non-hydrogen) atoms. The summed E-state index contributed by atoms with van der Waals surface area (Å²) < 4.78 is 6.28. The van der Waals surface area contributed by atoms with Crippen LogP contribution in [0.1, 0.15) is 11.1 Å². The van der Waals surface area contributed by atoms with Crippen LogP contribution in [-0.4, -0.2) is 13.7 Å². The van der Waals surface area contributed by atoms with Crippen molar-refractivity contribution in [3.8, 4) is 5.75 Å². The third kappa shape index (κ3) is 2.22. The van der Waals surface area contributed by atoms with E-state index in [-0.39, 0.29) is 12.4 Å². The average molecular weight is 279 g/mol. The van der Waals surface area contributed by atoms with E-state index in [0.29, 0.717) is 0 Å². The summed E-state index contributed by atoms with van der Waals surface area (Å²) in [4.78, 5) is 0. The molecule has 1 N–H and O–H groups in total. The lowest BCUT2D eigenvalue weighted by atomic mass is 10.0. The van der Waals surface area contributed by atoms with Crippen molar-refractivity contribution < 1.29 is 4.74 Å². The fourth-order valence-electron chi connectivity index (χ4n) is 1.64. The molecule has 0 saturated carbocycles. The normalized spacial score (nSPS) is 14.1. The van der Waals surface area contributed by atoms with E-state index in [4.69, 9.17) is 4.74 Å². The lowest BCUT2D eigenvalue weighted by molar-refractivity contribution is 0.411. The minimum Gasteiger partial charge on any atom is -0.496 e. The first kappa shape index (κ1) is 11.8. The van der Waals surface area contributed by atoms with Gasteiger partial charge >= 0.3 is 0 Å². The van der Waals surface area contributed by atoms with Gasteiger partial charge in [0, 0.05) is 6.54 Å². The van der Waals surface area contributed by atoms with Gasteiger partial charge in [0.2, 0.25) is 0 Å². The van der Waals surface area contributed by atoms with Crippen LogP contribution in [0.25, 0.3) is 0 Å². The van der Waals surface area contributed by atoms with Crippen molar-refractivity contribution in [2.24, 2.45) is 0 Å². The van der Waals surface area contributed by atoms with Gasteiger partial charge < -0.3 is 10.1 Å². The Morgan fingerprint density at radius 2 is 2.14 bits per heavy atom. The molecule has 1 heterocycles. The largest absolute Gasteiger partial charge is 0.496 e. The van der Waals surface area contributed by atoms with Crippen LogP contribution in [0.2, 0.25) is 0 Å². The Morgan fingerprint density at radius 1 is 1.36 bits per heavy atom. The van der Waals surface area contributed by atoms with Crippen molar-refractivity contribution in [3.05, 3.63) is 27.7 Å². The van der Waals surface area contributed by atoms with Crippen LogP contribution in [0, 0.1) is 0 Å². The molecule has 0 aromatic heterocycles. The molecule has 1 aliphatic rings. The maximum absolute atomic E-state index is 5.24. The molecule has 78 valence electrons. The fraction of sp³-hybridized carbons (Fsp3) is 0.400. The smallest absolute Gasteiger partial charge is 0.133 e. The number of halogens is 2. The summed E-state index contributed by atoms with van der Waals surface area (Å²) in [5, 5.41) is 3.34. The summed E-state index contributed by atoms with van der Waals surface area (Å²) in [5.74, 6) is 0.931. The highest BCUT2D eigenvalue weighted by Crippen LogP contribution is 2.29. The van der Waals surface area contributed by atoms with Crippen molar-refractivity contribution in [2.45, 2.75) is 13.0 Å².